The molecule has 0 aromatic carbocycles. The second-order valence-corrected chi connectivity index (χ2v) is 6.65. The predicted octanol–water partition coefficient (Wildman–Crippen LogP) is 3.52. The minimum Gasteiger partial charge on any atom is -0.485 e. The van der Waals surface area contributed by atoms with Crippen molar-refractivity contribution in [1.29, 1.82) is 0 Å². The number of carbonyl (C=O) groups is 1. The molecule has 0 bridgehead atoms. The van der Waals surface area contributed by atoms with Crippen LogP contribution in [0, 0.1) is 12.8 Å². The van der Waals surface area contributed by atoms with E-state index in [9.17, 15) is 4.79 Å². The molecule has 0 aliphatic carbocycles. The van der Waals surface area contributed by atoms with Gasteiger partial charge in [-0.05, 0) is 31.9 Å². The van der Waals surface area contributed by atoms with Gasteiger partial charge in [-0.2, -0.15) is 0 Å². The van der Waals surface area contributed by atoms with E-state index in [0.29, 0.717) is 13.2 Å². The third-order valence-electron chi connectivity index (χ3n) is 3.88. The number of aromatic nitrogens is 2. The Balaban J connectivity index is 1.74. The van der Waals surface area contributed by atoms with E-state index in [-0.39, 0.29) is 11.8 Å². The van der Waals surface area contributed by atoms with E-state index in [1.165, 1.54) is 0 Å². The maximum Gasteiger partial charge on any atom is 0.223 e. The Kier molecular flexibility index (Phi) is 7.18. The van der Waals surface area contributed by atoms with Crippen LogP contribution in [-0.2, 0) is 17.8 Å². The van der Waals surface area contributed by atoms with Crippen LogP contribution in [0.15, 0.2) is 23.7 Å². The van der Waals surface area contributed by atoms with Gasteiger partial charge in [0.05, 0.1) is 11.9 Å². The van der Waals surface area contributed by atoms with Crippen molar-refractivity contribution in [3.63, 3.8) is 0 Å². The van der Waals surface area contributed by atoms with Crippen molar-refractivity contribution < 1.29 is 9.53 Å². The van der Waals surface area contributed by atoms with Crippen molar-refractivity contribution >= 4 is 17.2 Å². The van der Waals surface area contributed by atoms with Gasteiger partial charge < -0.3 is 10.1 Å². The number of carbonyl (C=O) groups excluding carboxylic acids is 1. The number of thiazole rings is 1. The van der Waals surface area contributed by atoms with Gasteiger partial charge in [0.1, 0.15) is 17.4 Å². The van der Waals surface area contributed by atoms with Crippen molar-refractivity contribution in [3.8, 4) is 5.75 Å². The average Bonchev–Trinajstić information content (AvgIpc) is 3.03. The van der Waals surface area contributed by atoms with Gasteiger partial charge in [0.25, 0.3) is 0 Å². The molecule has 5 nitrogen and oxygen atoms in total. The van der Waals surface area contributed by atoms with Crippen molar-refractivity contribution in [2.75, 3.05) is 6.54 Å². The van der Waals surface area contributed by atoms with E-state index in [0.717, 1.165) is 41.4 Å². The molecular formula is C18H25N3O2S. The van der Waals surface area contributed by atoms with Crippen molar-refractivity contribution in [2.45, 2.75) is 46.6 Å². The monoisotopic (exact) mass is 347 g/mol. The average molecular weight is 347 g/mol. The first kappa shape index (κ1) is 18.4. The summed E-state index contributed by atoms with van der Waals surface area (Å²) in [7, 11) is 0. The van der Waals surface area contributed by atoms with Crippen LogP contribution < -0.4 is 10.1 Å². The van der Waals surface area contributed by atoms with Crippen LogP contribution in [-0.4, -0.2) is 22.4 Å². The van der Waals surface area contributed by atoms with E-state index in [4.69, 9.17) is 4.74 Å². The molecule has 0 radical (unpaired) electrons. The first-order valence-electron chi connectivity index (χ1n) is 8.38. The van der Waals surface area contributed by atoms with Crippen molar-refractivity contribution in [2.24, 2.45) is 5.92 Å². The lowest BCUT2D eigenvalue weighted by Crippen LogP contribution is -2.31. The van der Waals surface area contributed by atoms with Crippen LogP contribution in [0.25, 0.3) is 0 Å². The Morgan fingerprint density at radius 2 is 2.12 bits per heavy atom. The van der Waals surface area contributed by atoms with Gasteiger partial charge in [-0.15, -0.1) is 11.3 Å². The van der Waals surface area contributed by atoms with Crippen LogP contribution in [0.3, 0.4) is 0 Å². The van der Waals surface area contributed by atoms with Crippen LogP contribution in [0.5, 0.6) is 5.75 Å². The summed E-state index contributed by atoms with van der Waals surface area (Å²) in [6.07, 6.45) is 4.23. The van der Waals surface area contributed by atoms with Gasteiger partial charge in [-0.25, -0.2) is 4.98 Å². The second-order valence-electron chi connectivity index (χ2n) is 5.71. The van der Waals surface area contributed by atoms with Crippen LogP contribution in [0.1, 0.15) is 43.1 Å². The molecule has 0 atom stereocenters. The molecule has 2 heterocycles. The SMILES string of the molecule is CCC(CC)C(=O)NCCc1csc(COc2ccc(C)nc2)n1. The Hall–Kier alpha value is -1.95. The van der Waals surface area contributed by atoms with Crippen LogP contribution in [0.2, 0.25) is 0 Å². The number of ether oxygens (including phenoxy) is 1. The molecule has 6 heteroatoms. The molecule has 1 N–H and O–H groups in total. The largest absolute Gasteiger partial charge is 0.485 e. The van der Waals surface area contributed by atoms with E-state index in [2.05, 4.69) is 15.3 Å². The lowest BCUT2D eigenvalue weighted by molar-refractivity contribution is -0.125. The molecule has 24 heavy (non-hydrogen) atoms. The highest BCUT2D eigenvalue weighted by atomic mass is 32.1. The van der Waals surface area contributed by atoms with E-state index < -0.39 is 0 Å². The van der Waals surface area contributed by atoms with E-state index >= 15 is 0 Å². The fourth-order valence-electron chi connectivity index (χ4n) is 2.33. The maximum absolute atomic E-state index is 11.9. The fourth-order valence-corrected chi connectivity index (χ4v) is 3.07. The van der Waals surface area contributed by atoms with Crippen LogP contribution >= 0.6 is 11.3 Å². The minimum atomic E-state index is 0.118. The molecular weight excluding hydrogens is 322 g/mol. The van der Waals surface area contributed by atoms with Gasteiger partial charge >= 0.3 is 0 Å². The molecule has 0 saturated carbocycles. The summed E-state index contributed by atoms with van der Waals surface area (Å²) in [5.41, 5.74) is 1.96. The summed E-state index contributed by atoms with van der Waals surface area (Å²) < 4.78 is 5.68. The summed E-state index contributed by atoms with van der Waals surface area (Å²) in [5, 5.41) is 5.94. The van der Waals surface area contributed by atoms with Gasteiger partial charge in [0, 0.05) is 30.0 Å². The summed E-state index contributed by atoms with van der Waals surface area (Å²) >= 11 is 1.58. The van der Waals surface area contributed by atoms with Gasteiger partial charge in [-0.3, -0.25) is 9.78 Å². The van der Waals surface area contributed by atoms with Gasteiger partial charge in [-0.1, -0.05) is 13.8 Å². The summed E-state index contributed by atoms with van der Waals surface area (Å²) in [6.45, 7) is 7.10. The summed E-state index contributed by atoms with van der Waals surface area (Å²) in [5.74, 6) is 1.01. The molecule has 0 aliphatic rings. The highest BCUT2D eigenvalue weighted by molar-refractivity contribution is 7.09. The molecule has 130 valence electrons. The number of aryl methyl sites for hydroxylation is 1. The minimum absolute atomic E-state index is 0.118. The number of hydrogen-bond acceptors (Lipinski definition) is 5. The number of nitrogens with zero attached hydrogens (tertiary/aromatic N) is 2. The zero-order chi connectivity index (χ0) is 17.4. The highest BCUT2D eigenvalue weighted by Crippen LogP contribution is 2.15. The standard InChI is InChI=1S/C18H25N3O2S/c1-4-14(5-2)18(22)19-9-8-15-12-24-17(21-15)11-23-16-7-6-13(3)20-10-16/h6-7,10,12,14H,4-5,8-9,11H2,1-3H3,(H,19,22). The second kappa shape index (κ2) is 9.37. The molecule has 2 aromatic rings. The number of hydrogen-bond donors (Lipinski definition) is 1. The molecule has 2 rings (SSSR count). The van der Waals surface area contributed by atoms with Crippen molar-refractivity contribution in [1.82, 2.24) is 15.3 Å². The Morgan fingerprint density at radius 1 is 1.33 bits per heavy atom. The zero-order valence-corrected chi connectivity index (χ0v) is 15.4. The Labute approximate surface area is 147 Å². The molecule has 2 aromatic heterocycles. The smallest absolute Gasteiger partial charge is 0.223 e. The van der Waals surface area contributed by atoms with E-state index in [1.54, 1.807) is 17.5 Å². The Morgan fingerprint density at radius 3 is 2.79 bits per heavy atom. The number of pyridine rings is 1. The van der Waals surface area contributed by atoms with Crippen molar-refractivity contribution in [3.05, 3.63) is 40.1 Å². The molecule has 1 amide bonds. The number of nitrogens with one attached hydrogen (secondary N) is 1. The molecule has 0 saturated heterocycles. The third-order valence-corrected chi connectivity index (χ3v) is 4.75. The summed E-state index contributed by atoms with van der Waals surface area (Å²) in [6, 6.07) is 3.83. The van der Waals surface area contributed by atoms with Crippen LogP contribution in [0.4, 0.5) is 0 Å². The molecule has 0 unspecified atom stereocenters. The third kappa shape index (κ3) is 5.60. The molecule has 0 fully saturated rings. The highest BCUT2D eigenvalue weighted by Gasteiger charge is 2.13. The lowest BCUT2D eigenvalue weighted by Gasteiger charge is -2.11. The Bertz CT molecular complexity index is 636. The number of rotatable bonds is 9. The fraction of sp³-hybridized carbons (Fsp3) is 0.500. The lowest BCUT2D eigenvalue weighted by atomic mass is 10.0. The normalized spacial score (nSPS) is 10.8. The predicted molar refractivity (Wildman–Crippen MR) is 96.2 cm³/mol. The molecule has 0 aliphatic heterocycles. The van der Waals surface area contributed by atoms with E-state index in [1.807, 2.05) is 38.3 Å². The topological polar surface area (TPSA) is 64.1 Å². The summed E-state index contributed by atoms with van der Waals surface area (Å²) in [4.78, 5) is 20.7. The number of amides is 1. The molecule has 0 spiro atoms. The quantitative estimate of drug-likeness (QED) is 0.754. The zero-order valence-electron chi connectivity index (χ0n) is 14.5. The maximum atomic E-state index is 11.9. The van der Waals surface area contributed by atoms with Gasteiger partial charge in [0.15, 0.2) is 0 Å². The first-order valence-corrected chi connectivity index (χ1v) is 9.26. The van der Waals surface area contributed by atoms with Gasteiger partial charge in [0.2, 0.25) is 5.91 Å². The first-order chi connectivity index (χ1) is 11.6.